The van der Waals surface area contributed by atoms with Crippen LogP contribution in [0.4, 0.5) is 4.79 Å². The van der Waals surface area contributed by atoms with Gasteiger partial charge in [-0.15, -0.1) is 0 Å². The lowest BCUT2D eigenvalue weighted by atomic mass is 10.2. The quantitative estimate of drug-likeness (QED) is 0.677. The zero-order valence-corrected chi connectivity index (χ0v) is 8.93. The van der Waals surface area contributed by atoms with Crippen LogP contribution in [0.15, 0.2) is 0 Å². The molecule has 0 aromatic rings. The van der Waals surface area contributed by atoms with Crippen LogP contribution in [0.5, 0.6) is 0 Å². The third-order valence-electron chi connectivity index (χ3n) is 2.34. The molecule has 6 nitrogen and oxygen atoms in total. The number of carbonyl (C=O) groups excluding carboxylic acids is 2. The molecule has 0 aromatic heterocycles. The van der Waals surface area contributed by atoms with Crippen molar-refractivity contribution in [3.05, 3.63) is 0 Å². The number of aliphatic carboxylic acids is 1. The fourth-order valence-corrected chi connectivity index (χ4v) is 1.69. The van der Waals surface area contributed by atoms with Crippen molar-refractivity contribution in [1.82, 2.24) is 9.80 Å². The van der Waals surface area contributed by atoms with Gasteiger partial charge in [0, 0.05) is 6.04 Å². The first-order chi connectivity index (χ1) is 6.86. The van der Waals surface area contributed by atoms with E-state index in [1.165, 1.54) is 4.90 Å². The molecule has 0 spiro atoms. The summed E-state index contributed by atoms with van der Waals surface area (Å²) < 4.78 is 0. The lowest BCUT2D eigenvalue weighted by molar-refractivity contribution is -0.141. The number of rotatable bonds is 3. The highest BCUT2D eigenvalue weighted by molar-refractivity contribution is 6.05. The Kier molecular flexibility index (Phi) is 2.97. The SMILES string of the molecule is CC(C)N1C(=O)N(CC(=O)O)C(=O)C1C. The summed E-state index contributed by atoms with van der Waals surface area (Å²) in [6, 6.07) is -1.21. The second-order valence-corrected chi connectivity index (χ2v) is 3.78. The van der Waals surface area contributed by atoms with E-state index in [0.29, 0.717) is 0 Å². The Morgan fingerprint density at radius 3 is 2.33 bits per heavy atom. The van der Waals surface area contributed by atoms with E-state index in [9.17, 15) is 14.4 Å². The van der Waals surface area contributed by atoms with Crippen molar-refractivity contribution in [3.63, 3.8) is 0 Å². The van der Waals surface area contributed by atoms with Gasteiger partial charge in [0.15, 0.2) is 0 Å². The summed E-state index contributed by atoms with van der Waals surface area (Å²) >= 11 is 0. The van der Waals surface area contributed by atoms with E-state index in [-0.39, 0.29) is 6.04 Å². The summed E-state index contributed by atoms with van der Waals surface area (Å²) in [5.74, 6) is -1.63. The van der Waals surface area contributed by atoms with Crippen LogP contribution in [0.25, 0.3) is 0 Å². The summed E-state index contributed by atoms with van der Waals surface area (Å²) in [4.78, 5) is 35.9. The summed E-state index contributed by atoms with van der Waals surface area (Å²) in [7, 11) is 0. The standard InChI is InChI=1S/C9H14N2O4/c1-5(2)11-6(3)8(14)10(9(11)15)4-7(12)13/h5-6H,4H2,1-3H3,(H,12,13). The Morgan fingerprint density at radius 2 is 2.00 bits per heavy atom. The highest BCUT2D eigenvalue weighted by Gasteiger charge is 2.44. The number of hydrogen-bond acceptors (Lipinski definition) is 3. The van der Waals surface area contributed by atoms with E-state index in [4.69, 9.17) is 5.11 Å². The monoisotopic (exact) mass is 214 g/mol. The number of carboxylic acid groups (broad SMARTS) is 1. The number of urea groups is 1. The maximum atomic E-state index is 11.7. The van der Waals surface area contributed by atoms with Gasteiger partial charge in [0.1, 0.15) is 12.6 Å². The van der Waals surface area contributed by atoms with Gasteiger partial charge < -0.3 is 10.0 Å². The van der Waals surface area contributed by atoms with E-state index < -0.39 is 30.5 Å². The highest BCUT2D eigenvalue weighted by Crippen LogP contribution is 2.19. The van der Waals surface area contributed by atoms with Crippen molar-refractivity contribution < 1.29 is 19.5 Å². The van der Waals surface area contributed by atoms with Crippen LogP contribution >= 0.6 is 0 Å². The zero-order valence-electron chi connectivity index (χ0n) is 8.93. The molecule has 1 rings (SSSR count). The molecule has 1 aliphatic rings. The first kappa shape index (κ1) is 11.5. The fraction of sp³-hybridized carbons (Fsp3) is 0.667. The third-order valence-corrected chi connectivity index (χ3v) is 2.34. The average Bonchev–Trinajstić information content (AvgIpc) is 2.29. The minimum Gasteiger partial charge on any atom is -0.480 e. The van der Waals surface area contributed by atoms with Crippen molar-refractivity contribution in [2.75, 3.05) is 6.54 Å². The summed E-state index contributed by atoms with van der Waals surface area (Å²) in [6.07, 6.45) is 0. The molecular formula is C9H14N2O4. The second kappa shape index (κ2) is 3.88. The number of carboxylic acids is 1. The molecule has 0 bridgehead atoms. The van der Waals surface area contributed by atoms with E-state index in [2.05, 4.69) is 0 Å². The summed E-state index contributed by atoms with van der Waals surface area (Å²) in [6.45, 7) is 4.60. The number of amides is 3. The molecule has 1 atom stereocenters. The summed E-state index contributed by atoms with van der Waals surface area (Å²) in [5, 5.41) is 8.56. The molecule has 3 amide bonds. The molecule has 1 saturated heterocycles. The van der Waals surface area contributed by atoms with Crippen LogP contribution in [-0.2, 0) is 9.59 Å². The number of imide groups is 1. The van der Waals surface area contributed by atoms with Gasteiger partial charge >= 0.3 is 12.0 Å². The van der Waals surface area contributed by atoms with E-state index >= 15 is 0 Å². The molecule has 1 aliphatic heterocycles. The minimum atomic E-state index is -1.19. The largest absolute Gasteiger partial charge is 0.480 e. The van der Waals surface area contributed by atoms with Gasteiger partial charge in [0.2, 0.25) is 0 Å². The molecule has 15 heavy (non-hydrogen) atoms. The first-order valence-corrected chi connectivity index (χ1v) is 4.71. The molecule has 1 unspecified atom stereocenters. The molecule has 1 heterocycles. The lowest BCUT2D eigenvalue weighted by Crippen LogP contribution is -2.40. The van der Waals surface area contributed by atoms with Crippen LogP contribution < -0.4 is 0 Å². The lowest BCUT2D eigenvalue weighted by Gasteiger charge is -2.23. The maximum Gasteiger partial charge on any atom is 0.328 e. The summed E-state index contributed by atoms with van der Waals surface area (Å²) in [5.41, 5.74) is 0. The van der Waals surface area contributed by atoms with E-state index in [1.807, 2.05) is 0 Å². The van der Waals surface area contributed by atoms with Gasteiger partial charge in [-0.3, -0.25) is 14.5 Å². The molecule has 0 aliphatic carbocycles. The molecule has 1 fully saturated rings. The molecule has 0 radical (unpaired) electrons. The number of carbonyl (C=O) groups is 3. The average molecular weight is 214 g/mol. The molecule has 1 N–H and O–H groups in total. The van der Waals surface area contributed by atoms with Crippen LogP contribution in [0.1, 0.15) is 20.8 Å². The van der Waals surface area contributed by atoms with Gasteiger partial charge in [0.25, 0.3) is 5.91 Å². The highest BCUT2D eigenvalue weighted by atomic mass is 16.4. The second-order valence-electron chi connectivity index (χ2n) is 3.78. The van der Waals surface area contributed by atoms with E-state index in [1.54, 1.807) is 20.8 Å². The van der Waals surface area contributed by atoms with E-state index in [0.717, 1.165) is 4.90 Å². The Hall–Kier alpha value is -1.59. The molecule has 84 valence electrons. The Balaban J connectivity index is 2.90. The third kappa shape index (κ3) is 1.93. The van der Waals surface area contributed by atoms with Gasteiger partial charge in [-0.05, 0) is 20.8 Å². The first-order valence-electron chi connectivity index (χ1n) is 4.71. The van der Waals surface area contributed by atoms with Crippen LogP contribution in [-0.4, -0.2) is 51.4 Å². The maximum absolute atomic E-state index is 11.7. The topological polar surface area (TPSA) is 77.9 Å². The van der Waals surface area contributed by atoms with Crippen molar-refractivity contribution in [2.45, 2.75) is 32.9 Å². The zero-order chi connectivity index (χ0) is 11.7. The van der Waals surface area contributed by atoms with Crippen LogP contribution in [0, 0.1) is 0 Å². The van der Waals surface area contributed by atoms with Gasteiger partial charge in [-0.25, -0.2) is 4.79 Å². The Bertz CT molecular complexity index is 313. The normalized spacial score (nSPS) is 21.7. The van der Waals surface area contributed by atoms with Crippen molar-refractivity contribution in [3.8, 4) is 0 Å². The van der Waals surface area contributed by atoms with Gasteiger partial charge in [0.05, 0.1) is 0 Å². The number of hydrogen-bond donors (Lipinski definition) is 1. The molecular weight excluding hydrogens is 200 g/mol. The minimum absolute atomic E-state index is 0.116. The molecule has 0 aromatic carbocycles. The predicted octanol–water partition coefficient (Wildman–Crippen LogP) is 0.132. The molecule has 6 heteroatoms. The van der Waals surface area contributed by atoms with Gasteiger partial charge in [-0.2, -0.15) is 0 Å². The van der Waals surface area contributed by atoms with Gasteiger partial charge in [-0.1, -0.05) is 0 Å². The Labute approximate surface area is 87.5 Å². The number of nitrogens with zero attached hydrogens (tertiary/aromatic N) is 2. The predicted molar refractivity (Wildman–Crippen MR) is 51.2 cm³/mol. The van der Waals surface area contributed by atoms with Crippen molar-refractivity contribution in [1.29, 1.82) is 0 Å². The smallest absolute Gasteiger partial charge is 0.328 e. The van der Waals surface area contributed by atoms with Crippen LogP contribution in [0.2, 0.25) is 0 Å². The fourth-order valence-electron chi connectivity index (χ4n) is 1.69. The van der Waals surface area contributed by atoms with Crippen LogP contribution in [0.3, 0.4) is 0 Å². The Morgan fingerprint density at radius 1 is 1.47 bits per heavy atom. The van der Waals surface area contributed by atoms with Crippen molar-refractivity contribution >= 4 is 17.9 Å². The van der Waals surface area contributed by atoms with Crippen molar-refractivity contribution in [2.24, 2.45) is 0 Å². The molecule has 0 saturated carbocycles.